The number of amides is 1. The van der Waals surface area contributed by atoms with Crippen molar-refractivity contribution in [3.63, 3.8) is 0 Å². The molecular weight excluding hydrogens is 315 g/mol. The summed E-state index contributed by atoms with van der Waals surface area (Å²) in [6.07, 6.45) is 6.05. The van der Waals surface area contributed by atoms with Crippen LogP contribution in [0.5, 0.6) is 0 Å². The van der Waals surface area contributed by atoms with Crippen molar-refractivity contribution in [1.29, 1.82) is 0 Å². The van der Waals surface area contributed by atoms with E-state index >= 15 is 0 Å². The number of rotatable bonds is 5. The van der Waals surface area contributed by atoms with E-state index in [1.54, 1.807) is 6.07 Å². The first-order valence-electron chi connectivity index (χ1n) is 8.14. The fourth-order valence-electron chi connectivity index (χ4n) is 3.44. The zero-order valence-electron chi connectivity index (χ0n) is 14.0. The predicted molar refractivity (Wildman–Crippen MR) is 94.0 cm³/mol. The minimum Gasteiger partial charge on any atom is -0.347 e. The van der Waals surface area contributed by atoms with E-state index in [-0.39, 0.29) is 29.5 Å². The van der Waals surface area contributed by atoms with Gasteiger partial charge in [-0.25, -0.2) is 4.39 Å². The van der Waals surface area contributed by atoms with Gasteiger partial charge in [0.25, 0.3) is 0 Å². The average Bonchev–Trinajstić information content (AvgIpc) is 2.47. The molecule has 0 spiro atoms. The van der Waals surface area contributed by atoms with Crippen LogP contribution in [0.25, 0.3) is 0 Å². The molecule has 1 fully saturated rings. The Bertz CT molecular complexity index is 528. The first kappa shape index (κ1) is 19.9. The Morgan fingerprint density at radius 3 is 2.52 bits per heavy atom. The predicted octanol–water partition coefficient (Wildman–Crippen LogP) is 3.90. The second-order valence-corrected chi connectivity index (χ2v) is 7.13. The maximum Gasteiger partial charge on any atom is 0.221 e. The quantitative estimate of drug-likeness (QED) is 0.852. The normalized spacial score (nSPS) is 17.2. The van der Waals surface area contributed by atoms with E-state index in [1.165, 1.54) is 18.6 Å². The van der Waals surface area contributed by atoms with Crippen LogP contribution in [0.4, 0.5) is 4.39 Å². The van der Waals surface area contributed by atoms with Gasteiger partial charge in [0, 0.05) is 6.42 Å². The van der Waals surface area contributed by atoms with Crippen LogP contribution in [-0.4, -0.2) is 12.5 Å². The highest BCUT2D eigenvalue weighted by Crippen LogP contribution is 2.38. The molecule has 5 heteroatoms. The number of carbonyl (C=O) groups excluding carboxylic acids is 1. The molecule has 3 nitrogen and oxygen atoms in total. The van der Waals surface area contributed by atoms with Gasteiger partial charge >= 0.3 is 0 Å². The van der Waals surface area contributed by atoms with Gasteiger partial charge < -0.3 is 11.1 Å². The summed E-state index contributed by atoms with van der Waals surface area (Å²) in [5, 5.41) is 3.05. The molecule has 0 radical (unpaired) electrons. The highest BCUT2D eigenvalue weighted by Gasteiger charge is 2.34. The summed E-state index contributed by atoms with van der Waals surface area (Å²) in [6, 6.07) is 6.39. The number of hydrogen-bond donors (Lipinski definition) is 2. The van der Waals surface area contributed by atoms with Crippen LogP contribution in [0.3, 0.4) is 0 Å². The molecule has 1 aromatic carbocycles. The Hall–Kier alpha value is -1.13. The number of benzene rings is 1. The van der Waals surface area contributed by atoms with Gasteiger partial charge in [-0.3, -0.25) is 4.79 Å². The summed E-state index contributed by atoms with van der Waals surface area (Å²) < 4.78 is 13.4. The minimum atomic E-state index is -0.594. The Labute approximate surface area is 144 Å². The Morgan fingerprint density at radius 1 is 1.30 bits per heavy atom. The smallest absolute Gasteiger partial charge is 0.221 e. The fourth-order valence-corrected chi connectivity index (χ4v) is 3.44. The third-order valence-corrected chi connectivity index (χ3v) is 4.88. The number of hydrogen-bond acceptors (Lipinski definition) is 2. The standard InChI is InChI=1S/C18H27FN2O.ClH/c1-17(2,14-7-6-8-15(19)11-14)21-16(22)12-18(13-20)9-4-3-5-10-18;/h6-8,11H,3-5,9-10,12-13,20H2,1-2H3,(H,21,22);1H. The summed E-state index contributed by atoms with van der Waals surface area (Å²) in [5.74, 6) is -0.285. The Kier molecular flexibility index (Phi) is 7.02. The van der Waals surface area contributed by atoms with Gasteiger partial charge in [-0.1, -0.05) is 31.4 Å². The summed E-state index contributed by atoms with van der Waals surface area (Å²) in [4.78, 5) is 12.5. The molecule has 0 bridgehead atoms. The van der Waals surface area contributed by atoms with E-state index < -0.39 is 5.54 Å². The number of nitrogens with one attached hydrogen (secondary N) is 1. The molecule has 0 unspecified atom stereocenters. The SMILES string of the molecule is CC(C)(NC(=O)CC1(CN)CCCCC1)c1cccc(F)c1.Cl. The second kappa shape index (κ2) is 8.11. The lowest BCUT2D eigenvalue weighted by Gasteiger charge is -2.37. The zero-order valence-corrected chi connectivity index (χ0v) is 14.8. The molecule has 0 saturated heterocycles. The van der Waals surface area contributed by atoms with Crippen LogP contribution in [0.2, 0.25) is 0 Å². The van der Waals surface area contributed by atoms with Crippen LogP contribution in [0.1, 0.15) is 57.9 Å². The molecule has 1 amide bonds. The summed E-state index contributed by atoms with van der Waals surface area (Å²) in [5.41, 5.74) is 6.07. The molecule has 1 saturated carbocycles. The maximum atomic E-state index is 13.4. The lowest BCUT2D eigenvalue weighted by Crippen LogP contribution is -2.45. The van der Waals surface area contributed by atoms with Gasteiger partial charge in [0.2, 0.25) is 5.91 Å². The molecule has 130 valence electrons. The van der Waals surface area contributed by atoms with E-state index in [1.807, 2.05) is 19.9 Å². The van der Waals surface area contributed by atoms with E-state index in [0.717, 1.165) is 31.2 Å². The zero-order chi connectivity index (χ0) is 16.2. The highest BCUT2D eigenvalue weighted by atomic mass is 35.5. The molecule has 0 heterocycles. The van der Waals surface area contributed by atoms with E-state index in [0.29, 0.717) is 13.0 Å². The van der Waals surface area contributed by atoms with E-state index in [9.17, 15) is 9.18 Å². The number of halogens is 2. The van der Waals surface area contributed by atoms with E-state index in [2.05, 4.69) is 5.32 Å². The fraction of sp³-hybridized carbons (Fsp3) is 0.611. The van der Waals surface area contributed by atoms with Gasteiger partial charge in [-0.15, -0.1) is 12.4 Å². The van der Waals surface area contributed by atoms with Gasteiger partial charge in [0.1, 0.15) is 5.82 Å². The summed E-state index contributed by atoms with van der Waals surface area (Å²) in [7, 11) is 0. The molecule has 3 N–H and O–H groups in total. The average molecular weight is 343 g/mol. The first-order chi connectivity index (χ1) is 10.4. The largest absolute Gasteiger partial charge is 0.347 e. The second-order valence-electron chi connectivity index (χ2n) is 7.13. The molecule has 1 aliphatic rings. The lowest BCUT2D eigenvalue weighted by molar-refractivity contribution is -0.125. The molecule has 23 heavy (non-hydrogen) atoms. The van der Waals surface area contributed by atoms with Crippen molar-refractivity contribution in [2.45, 2.75) is 57.9 Å². The van der Waals surface area contributed by atoms with Gasteiger partial charge in [0.15, 0.2) is 0 Å². The molecule has 0 aliphatic heterocycles. The van der Waals surface area contributed by atoms with Crippen LogP contribution in [0.15, 0.2) is 24.3 Å². The first-order valence-corrected chi connectivity index (χ1v) is 8.14. The van der Waals surface area contributed by atoms with Gasteiger partial charge in [-0.2, -0.15) is 0 Å². The van der Waals surface area contributed by atoms with Crippen LogP contribution in [-0.2, 0) is 10.3 Å². The van der Waals surface area contributed by atoms with Gasteiger partial charge in [0.05, 0.1) is 5.54 Å². The number of nitrogens with two attached hydrogens (primary N) is 1. The van der Waals surface area contributed by atoms with Crippen molar-refractivity contribution >= 4 is 18.3 Å². The lowest BCUT2D eigenvalue weighted by atomic mass is 9.71. The third kappa shape index (κ3) is 5.18. The molecule has 0 atom stereocenters. The van der Waals surface area contributed by atoms with Crippen molar-refractivity contribution in [2.24, 2.45) is 11.1 Å². The molecule has 2 rings (SSSR count). The van der Waals surface area contributed by atoms with Crippen molar-refractivity contribution in [1.82, 2.24) is 5.32 Å². The molecule has 1 aromatic rings. The van der Waals surface area contributed by atoms with E-state index in [4.69, 9.17) is 5.73 Å². The molecular formula is C18H28ClFN2O. The molecule has 1 aliphatic carbocycles. The minimum absolute atomic E-state index is 0. The van der Waals surface area contributed by atoms with Crippen molar-refractivity contribution in [3.8, 4) is 0 Å². The maximum absolute atomic E-state index is 13.4. The van der Waals surface area contributed by atoms with Crippen LogP contribution < -0.4 is 11.1 Å². The monoisotopic (exact) mass is 342 g/mol. The third-order valence-electron chi connectivity index (χ3n) is 4.88. The van der Waals surface area contributed by atoms with Crippen LogP contribution in [0, 0.1) is 11.2 Å². The summed E-state index contributed by atoms with van der Waals surface area (Å²) >= 11 is 0. The number of carbonyl (C=O) groups is 1. The Morgan fingerprint density at radius 2 is 1.96 bits per heavy atom. The molecule has 0 aromatic heterocycles. The Balaban J connectivity index is 0.00000264. The highest BCUT2D eigenvalue weighted by molar-refractivity contribution is 5.85. The van der Waals surface area contributed by atoms with Gasteiger partial charge in [-0.05, 0) is 56.3 Å². The summed E-state index contributed by atoms with van der Waals surface area (Å²) in [6.45, 7) is 4.35. The van der Waals surface area contributed by atoms with Crippen molar-refractivity contribution in [2.75, 3.05) is 6.54 Å². The van der Waals surface area contributed by atoms with Crippen LogP contribution >= 0.6 is 12.4 Å². The van der Waals surface area contributed by atoms with Crippen molar-refractivity contribution in [3.05, 3.63) is 35.6 Å². The van der Waals surface area contributed by atoms with Crippen molar-refractivity contribution < 1.29 is 9.18 Å². The topological polar surface area (TPSA) is 55.1 Å².